The van der Waals surface area contributed by atoms with Crippen LogP contribution in [-0.2, 0) is 30.2 Å². The molecule has 234 valence electrons. The van der Waals surface area contributed by atoms with Gasteiger partial charge in [0.1, 0.15) is 0 Å². The first-order valence-electron chi connectivity index (χ1n) is 16.3. The summed E-state index contributed by atoms with van der Waals surface area (Å²) in [4.78, 5) is 23.9. The van der Waals surface area contributed by atoms with Crippen molar-refractivity contribution in [2.24, 2.45) is 17.8 Å². The Morgan fingerprint density at radius 2 is 1.64 bits per heavy atom. The number of hydrogen-bond donors (Lipinski definition) is 1. The van der Waals surface area contributed by atoms with E-state index in [9.17, 15) is 9.59 Å². The molecule has 1 saturated carbocycles. The smallest absolute Gasteiger partial charge is 0.335 e. The lowest BCUT2D eigenvalue weighted by atomic mass is 9.76. The van der Waals surface area contributed by atoms with E-state index in [0.717, 1.165) is 25.4 Å². The van der Waals surface area contributed by atoms with Crippen LogP contribution >= 0.6 is 0 Å². The molecular formula is C36H54O6. The fraction of sp³-hybridized carbons (Fsp3) is 0.667. The molecule has 1 heterocycles. The van der Waals surface area contributed by atoms with E-state index in [-0.39, 0.29) is 30.8 Å². The predicted molar refractivity (Wildman–Crippen MR) is 167 cm³/mol. The van der Waals surface area contributed by atoms with Gasteiger partial charge in [-0.05, 0) is 100 Å². The Hall–Kier alpha value is -2.44. The number of benzene rings is 1. The lowest BCUT2D eigenvalue weighted by Crippen LogP contribution is -2.36. The van der Waals surface area contributed by atoms with Crippen LogP contribution in [0.4, 0.5) is 0 Å². The summed E-state index contributed by atoms with van der Waals surface area (Å²) in [7, 11) is 0. The summed E-state index contributed by atoms with van der Waals surface area (Å²) in [5, 5.41) is 9.08. The van der Waals surface area contributed by atoms with E-state index in [0.29, 0.717) is 23.8 Å². The molecule has 0 spiro atoms. The first-order chi connectivity index (χ1) is 20.3. The third-order valence-corrected chi connectivity index (χ3v) is 9.26. The Morgan fingerprint density at radius 3 is 2.26 bits per heavy atom. The first kappa shape index (κ1) is 34.1. The molecule has 1 aliphatic heterocycles. The average molecular weight is 583 g/mol. The summed E-state index contributed by atoms with van der Waals surface area (Å²) in [6, 6.07) is 9.46. The van der Waals surface area contributed by atoms with E-state index < -0.39 is 18.5 Å². The Morgan fingerprint density at radius 1 is 0.952 bits per heavy atom. The highest BCUT2D eigenvalue weighted by atomic mass is 16.5. The van der Waals surface area contributed by atoms with Crippen LogP contribution < -0.4 is 0 Å². The van der Waals surface area contributed by atoms with Crippen LogP contribution in [-0.4, -0.2) is 49.6 Å². The summed E-state index contributed by atoms with van der Waals surface area (Å²) in [5.41, 5.74) is 3.38. The summed E-state index contributed by atoms with van der Waals surface area (Å²) in [6.45, 7) is 11.7. The van der Waals surface area contributed by atoms with Gasteiger partial charge >= 0.3 is 11.9 Å². The van der Waals surface area contributed by atoms with E-state index in [1.807, 2.05) is 0 Å². The maximum atomic E-state index is 12.0. The van der Waals surface area contributed by atoms with Crippen molar-refractivity contribution in [2.45, 2.75) is 109 Å². The second-order valence-corrected chi connectivity index (χ2v) is 12.6. The summed E-state index contributed by atoms with van der Waals surface area (Å²) >= 11 is 0. The molecule has 2 fully saturated rings. The van der Waals surface area contributed by atoms with Crippen molar-refractivity contribution in [1.29, 1.82) is 0 Å². The Bertz CT molecular complexity index is 983. The summed E-state index contributed by atoms with van der Waals surface area (Å²) in [5.74, 6) is 0.971. The van der Waals surface area contributed by atoms with E-state index in [2.05, 4.69) is 44.3 Å². The number of rotatable bonds is 17. The number of aliphatic hydroxyl groups is 1. The van der Waals surface area contributed by atoms with Gasteiger partial charge in [0.05, 0.1) is 31.5 Å². The van der Waals surface area contributed by atoms with E-state index in [1.165, 1.54) is 75.3 Å². The van der Waals surface area contributed by atoms with Gasteiger partial charge in [0.25, 0.3) is 0 Å². The Kier molecular flexibility index (Phi) is 14.8. The molecule has 3 atom stereocenters. The van der Waals surface area contributed by atoms with Crippen LogP contribution in [0.1, 0.15) is 108 Å². The molecule has 3 rings (SSSR count). The topological polar surface area (TPSA) is 82.1 Å². The van der Waals surface area contributed by atoms with Crippen molar-refractivity contribution < 1.29 is 28.9 Å². The van der Waals surface area contributed by atoms with Gasteiger partial charge in [-0.25, -0.2) is 9.59 Å². The van der Waals surface area contributed by atoms with Crippen molar-refractivity contribution in [2.75, 3.05) is 26.4 Å². The third-order valence-electron chi connectivity index (χ3n) is 9.26. The van der Waals surface area contributed by atoms with Gasteiger partial charge in [0, 0.05) is 18.1 Å². The van der Waals surface area contributed by atoms with E-state index >= 15 is 0 Å². The highest BCUT2D eigenvalue weighted by Gasteiger charge is 2.31. The summed E-state index contributed by atoms with van der Waals surface area (Å²) < 4.78 is 17.0. The molecule has 42 heavy (non-hydrogen) atoms. The summed E-state index contributed by atoms with van der Waals surface area (Å²) in [6.07, 6.45) is 15.2. The number of aryl methyl sites for hydroxylation is 1. The van der Waals surface area contributed by atoms with Gasteiger partial charge in [-0.1, -0.05) is 63.6 Å². The highest BCUT2D eigenvalue weighted by Crippen LogP contribution is 2.39. The zero-order valence-corrected chi connectivity index (χ0v) is 26.1. The number of hydrogen-bond acceptors (Lipinski definition) is 6. The standard InChI is InChI=1S/C36H54O6/c1-5-6-7-8-28-11-16-31(17-12-28)32-18-13-29(14-19-32)9-10-30-15-20-34(41-24-30)33(25-42-35(38)26(2)3)21-22-40-36(39)27(4)23-37/h11-12,16-17,29-30,32-34,37H,2,4-10,13-15,18-25H2,1,3H3. The molecule has 1 saturated heterocycles. The fourth-order valence-corrected chi connectivity index (χ4v) is 6.37. The minimum atomic E-state index is -0.607. The Labute approximate surface area is 253 Å². The number of carbonyl (C=O) groups excluding carboxylic acids is 2. The number of esters is 2. The SMILES string of the molecule is C=C(C)C(=O)OCC(CCOC(=O)C(=C)CO)C1CCC(CCC2CCC(c3ccc(CCCCC)cc3)CC2)CO1. The molecule has 0 amide bonds. The molecule has 3 unspecified atom stereocenters. The van der Waals surface area contributed by atoms with Gasteiger partial charge in [-0.3, -0.25) is 0 Å². The molecule has 2 aliphatic rings. The van der Waals surface area contributed by atoms with Crippen LogP contribution in [0.2, 0.25) is 0 Å². The van der Waals surface area contributed by atoms with E-state index in [4.69, 9.17) is 19.3 Å². The van der Waals surface area contributed by atoms with Gasteiger partial charge in [0.15, 0.2) is 0 Å². The number of aliphatic hydroxyl groups excluding tert-OH is 1. The van der Waals surface area contributed by atoms with Crippen molar-refractivity contribution >= 4 is 11.9 Å². The Balaban J connectivity index is 1.38. The first-order valence-corrected chi connectivity index (χ1v) is 16.3. The molecule has 0 radical (unpaired) electrons. The molecule has 1 aliphatic carbocycles. The average Bonchev–Trinajstić information content (AvgIpc) is 3.02. The second kappa shape index (κ2) is 18.3. The zero-order chi connectivity index (χ0) is 30.3. The molecule has 0 aromatic heterocycles. The third kappa shape index (κ3) is 11.3. The molecular weight excluding hydrogens is 528 g/mol. The molecule has 1 N–H and O–H groups in total. The van der Waals surface area contributed by atoms with Crippen LogP contribution in [0, 0.1) is 17.8 Å². The van der Waals surface area contributed by atoms with Gasteiger partial charge in [0.2, 0.25) is 0 Å². The van der Waals surface area contributed by atoms with Gasteiger partial charge in [-0.15, -0.1) is 0 Å². The van der Waals surface area contributed by atoms with Crippen molar-refractivity contribution in [1.82, 2.24) is 0 Å². The minimum absolute atomic E-state index is 0.0253. The van der Waals surface area contributed by atoms with Crippen LogP contribution in [0.25, 0.3) is 0 Å². The number of carbonyl (C=O) groups is 2. The van der Waals surface area contributed by atoms with Crippen molar-refractivity contribution in [3.05, 3.63) is 59.7 Å². The predicted octanol–water partition coefficient (Wildman–Crippen LogP) is 7.49. The molecule has 1 aromatic rings. The number of ether oxygens (including phenoxy) is 3. The van der Waals surface area contributed by atoms with Gasteiger partial charge < -0.3 is 19.3 Å². The maximum Gasteiger partial charge on any atom is 0.335 e. The largest absolute Gasteiger partial charge is 0.462 e. The lowest BCUT2D eigenvalue weighted by Gasteiger charge is -2.35. The zero-order valence-electron chi connectivity index (χ0n) is 26.1. The molecule has 1 aromatic carbocycles. The van der Waals surface area contributed by atoms with Crippen LogP contribution in [0.5, 0.6) is 0 Å². The van der Waals surface area contributed by atoms with Crippen LogP contribution in [0.15, 0.2) is 48.6 Å². The van der Waals surface area contributed by atoms with E-state index in [1.54, 1.807) is 6.92 Å². The molecule has 6 heteroatoms. The van der Waals surface area contributed by atoms with Crippen molar-refractivity contribution in [3.63, 3.8) is 0 Å². The fourth-order valence-electron chi connectivity index (χ4n) is 6.37. The quantitative estimate of drug-likeness (QED) is 0.116. The normalized spacial score (nSPS) is 23.1. The van der Waals surface area contributed by atoms with Crippen molar-refractivity contribution in [3.8, 4) is 0 Å². The number of unbranched alkanes of at least 4 members (excludes halogenated alkanes) is 2. The second-order valence-electron chi connectivity index (χ2n) is 12.6. The lowest BCUT2D eigenvalue weighted by molar-refractivity contribution is -0.146. The van der Waals surface area contributed by atoms with Crippen LogP contribution in [0.3, 0.4) is 0 Å². The monoisotopic (exact) mass is 582 g/mol. The maximum absolute atomic E-state index is 12.0. The van der Waals surface area contributed by atoms with Gasteiger partial charge in [-0.2, -0.15) is 0 Å². The molecule has 6 nitrogen and oxygen atoms in total. The minimum Gasteiger partial charge on any atom is -0.462 e. The highest BCUT2D eigenvalue weighted by molar-refractivity contribution is 5.88. The molecule has 0 bridgehead atoms.